The van der Waals surface area contributed by atoms with E-state index in [4.69, 9.17) is 5.73 Å². The van der Waals surface area contributed by atoms with Gasteiger partial charge < -0.3 is 26.2 Å². The number of aliphatic hydroxyl groups excluding tert-OH is 1. The molecule has 0 spiro atoms. The number of carboxylic acid groups (broad SMARTS) is 1. The summed E-state index contributed by atoms with van der Waals surface area (Å²) in [5, 5.41) is 23.0. The SMILES string of the molecule is C[C@@H](O)[C@H]1C(=O)N2C(C(=O)O)=C(S[C@H]3C[C@@H](C(=O)Nc4cccc(C=O)c4)N(Cc4ccccc4N)C3)[C@H](C)[C@H]12. The average molecular weight is 565 g/mol. The fourth-order valence-electron chi connectivity index (χ4n) is 6.06. The summed E-state index contributed by atoms with van der Waals surface area (Å²) < 4.78 is 0. The van der Waals surface area contributed by atoms with Crippen LogP contribution in [0.5, 0.6) is 0 Å². The Morgan fingerprint density at radius 1 is 1.23 bits per heavy atom. The van der Waals surface area contributed by atoms with Gasteiger partial charge in [-0.05, 0) is 37.1 Å². The lowest BCUT2D eigenvalue weighted by Crippen LogP contribution is -2.63. The van der Waals surface area contributed by atoms with Crippen molar-refractivity contribution < 1.29 is 29.4 Å². The predicted molar refractivity (Wildman–Crippen MR) is 151 cm³/mol. The van der Waals surface area contributed by atoms with E-state index >= 15 is 0 Å². The number of benzene rings is 2. The number of hydrogen-bond donors (Lipinski definition) is 4. The highest BCUT2D eigenvalue weighted by molar-refractivity contribution is 8.03. The van der Waals surface area contributed by atoms with Gasteiger partial charge in [0.2, 0.25) is 11.8 Å². The number of nitrogen functional groups attached to an aromatic ring is 1. The predicted octanol–water partition coefficient (Wildman–Crippen LogP) is 2.55. The van der Waals surface area contributed by atoms with Gasteiger partial charge in [0.1, 0.15) is 12.0 Å². The molecule has 2 saturated heterocycles. The van der Waals surface area contributed by atoms with Crippen molar-refractivity contribution >= 4 is 47.2 Å². The number of hydrogen-bond acceptors (Lipinski definition) is 8. The molecule has 210 valence electrons. The van der Waals surface area contributed by atoms with Gasteiger partial charge in [0, 0.05) is 46.1 Å². The average Bonchev–Trinajstić information content (AvgIpc) is 3.42. The lowest BCUT2D eigenvalue weighted by Gasteiger charge is -2.46. The van der Waals surface area contributed by atoms with E-state index in [-0.39, 0.29) is 28.7 Å². The van der Waals surface area contributed by atoms with Crippen LogP contribution < -0.4 is 11.1 Å². The Morgan fingerprint density at radius 2 is 1.98 bits per heavy atom. The van der Waals surface area contributed by atoms with Gasteiger partial charge in [-0.2, -0.15) is 0 Å². The lowest BCUT2D eigenvalue weighted by molar-refractivity contribution is -0.163. The van der Waals surface area contributed by atoms with Crippen molar-refractivity contribution in [3.05, 3.63) is 70.3 Å². The summed E-state index contributed by atoms with van der Waals surface area (Å²) in [6, 6.07) is 13.2. The number of carbonyl (C=O) groups excluding carboxylic acids is 3. The van der Waals surface area contributed by atoms with Crippen LogP contribution in [0.1, 0.15) is 36.2 Å². The zero-order chi connectivity index (χ0) is 28.7. The molecule has 0 bridgehead atoms. The largest absolute Gasteiger partial charge is 0.477 e. The third-order valence-electron chi connectivity index (χ3n) is 7.99. The van der Waals surface area contributed by atoms with Crippen LogP contribution in [0.25, 0.3) is 0 Å². The smallest absolute Gasteiger partial charge is 0.353 e. The molecule has 3 aliphatic rings. The molecule has 5 rings (SSSR count). The third kappa shape index (κ3) is 5.00. The molecule has 0 unspecified atom stereocenters. The molecule has 2 fully saturated rings. The zero-order valence-electron chi connectivity index (χ0n) is 22.2. The van der Waals surface area contributed by atoms with Crippen LogP contribution in [0.15, 0.2) is 59.1 Å². The number of carbonyl (C=O) groups is 4. The normalized spacial score (nSPS) is 26.8. The topological polar surface area (TPSA) is 153 Å². The van der Waals surface area contributed by atoms with Gasteiger partial charge in [0.05, 0.1) is 24.1 Å². The van der Waals surface area contributed by atoms with E-state index in [0.29, 0.717) is 41.4 Å². The molecule has 2 aromatic rings. The number of amides is 2. The number of nitrogens with two attached hydrogens (primary N) is 1. The minimum absolute atomic E-state index is 0.0261. The van der Waals surface area contributed by atoms with Crippen LogP contribution in [0.3, 0.4) is 0 Å². The number of β-lactam (4-membered cyclic amide) rings is 1. The van der Waals surface area contributed by atoms with Crippen LogP contribution in [0.2, 0.25) is 0 Å². The van der Waals surface area contributed by atoms with Gasteiger partial charge in [-0.3, -0.25) is 19.3 Å². The van der Waals surface area contributed by atoms with Crippen molar-refractivity contribution in [2.45, 2.75) is 50.3 Å². The Morgan fingerprint density at radius 3 is 2.65 bits per heavy atom. The first kappa shape index (κ1) is 27.9. The standard InChI is InChI=1S/C29H32N4O6S/c1-15-24-23(16(2)35)28(37)33(24)25(29(38)39)26(15)40-20-11-22(27(36)31-19-8-5-6-17(10-19)14-34)32(13-20)12-18-7-3-4-9-21(18)30/h3-10,14-16,20,22-24,35H,11-13,30H2,1-2H3,(H,31,36)(H,38,39)/t15-,16-,20+,22+,23-,24-/m1/s1. The Hall–Kier alpha value is -3.67. The Kier molecular flexibility index (Phi) is 7.72. The number of anilines is 2. The van der Waals surface area contributed by atoms with Crippen LogP contribution in [-0.2, 0) is 20.9 Å². The highest BCUT2D eigenvalue weighted by Gasteiger charge is 2.60. The fourth-order valence-corrected chi connectivity index (χ4v) is 7.62. The maximum Gasteiger partial charge on any atom is 0.353 e. The summed E-state index contributed by atoms with van der Waals surface area (Å²) in [6.45, 7) is 4.36. The number of aliphatic carboxylic acids is 1. The van der Waals surface area contributed by atoms with Crippen molar-refractivity contribution in [1.29, 1.82) is 0 Å². The van der Waals surface area contributed by atoms with Gasteiger partial charge in [0.25, 0.3) is 0 Å². The highest BCUT2D eigenvalue weighted by atomic mass is 32.2. The second-order valence-corrected chi connectivity index (χ2v) is 12.0. The van der Waals surface area contributed by atoms with E-state index in [9.17, 15) is 29.4 Å². The molecule has 11 heteroatoms. The first-order valence-electron chi connectivity index (χ1n) is 13.2. The number of para-hydroxylation sites is 1. The van der Waals surface area contributed by atoms with E-state index in [1.165, 1.54) is 16.7 Å². The summed E-state index contributed by atoms with van der Waals surface area (Å²) in [4.78, 5) is 53.7. The van der Waals surface area contributed by atoms with E-state index in [0.717, 1.165) is 11.8 Å². The molecule has 3 aliphatic heterocycles. The van der Waals surface area contributed by atoms with Crippen molar-refractivity contribution in [3.63, 3.8) is 0 Å². The van der Waals surface area contributed by atoms with Gasteiger partial charge in [-0.15, -0.1) is 11.8 Å². The molecule has 2 aromatic carbocycles. The number of aldehydes is 1. The number of likely N-dealkylation sites (tertiary alicyclic amines) is 1. The molecular weight excluding hydrogens is 532 g/mol. The van der Waals surface area contributed by atoms with Crippen molar-refractivity contribution in [3.8, 4) is 0 Å². The number of fused-ring (bicyclic) bond motifs is 1. The van der Waals surface area contributed by atoms with E-state index in [1.807, 2.05) is 36.1 Å². The number of nitrogens with one attached hydrogen (secondary N) is 1. The van der Waals surface area contributed by atoms with Crippen LogP contribution in [0.4, 0.5) is 11.4 Å². The van der Waals surface area contributed by atoms with Crippen LogP contribution in [0, 0.1) is 11.8 Å². The molecule has 0 radical (unpaired) electrons. The third-order valence-corrected chi connectivity index (χ3v) is 9.49. The highest BCUT2D eigenvalue weighted by Crippen LogP contribution is 2.52. The Bertz CT molecular complexity index is 1390. The number of rotatable bonds is 9. The van der Waals surface area contributed by atoms with Gasteiger partial charge in [-0.25, -0.2) is 4.79 Å². The van der Waals surface area contributed by atoms with E-state index < -0.39 is 30.1 Å². The van der Waals surface area contributed by atoms with Crippen molar-refractivity contribution in [2.24, 2.45) is 11.8 Å². The monoisotopic (exact) mass is 564 g/mol. The molecule has 10 nitrogen and oxygen atoms in total. The van der Waals surface area contributed by atoms with Gasteiger partial charge in [0.15, 0.2) is 0 Å². The number of aliphatic hydroxyl groups is 1. The molecule has 6 atom stereocenters. The molecule has 0 saturated carbocycles. The van der Waals surface area contributed by atoms with Crippen LogP contribution >= 0.6 is 11.8 Å². The quantitative estimate of drug-likeness (QED) is 0.204. The van der Waals surface area contributed by atoms with Crippen molar-refractivity contribution in [1.82, 2.24) is 9.80 Å². The molecule has 0 aromatic heterocycles. The van der Waals surface area contributed by atoms with Gasteiger partial charge >= 0.3 is 5.97 Å². The minimum atomic E-state index is -1.18. The molecule has 2 amide bonds. The number of thioether (sulfide) groups is 1. The molecule has 5 N–H and O–H groups in total. The zero-order valence-corrected chi connectivity index (χ0v) is 23.0. The lowest BCUT2D eigenvalue weighted by atomic mass is 9.79. The fraction of sp³-hybridized carbons (Fsp3) is 0.379. The summed E-state index contributed by atoms with van der Waals surface area (Å²) in [5.74, 6) is -2.68. The molecule has 0 aliphatic carbocycles. The summed E-state index contributed by atoms with van der Waals surface area (Å²) in [7, 11) is 0. The van der Waals surface area contributed by atoms with E-state index in [1.54, 1.807) is 31.2 Å². The van der Waals surface area contributed by atoms with Crippen LogP contribution in [-0.4, -0.2) is 74.1 Å². The van der Waals surface area contributed by atoms with E-state index in [2.05, 4.69) is 5.32 Å². The summed E-state index contributed by atoms with van der Waals surface area (Å²) in [5.41, 5.74) is 8.63. The number of carboxylic acids is 1. The summed E-state index contributed by atoms with van der Waals surface area (Å²) in [6.07, 6.45) is 0.285. The minimum Gasteiger partial charge on any atom is -0.477 e. The molecule has 3 heterocycles. The second-order valence-electron chi connectivity index (χ2n) is 10.6. The second kappa shape index (κ2) is 11.1. The first-order chi connectivity index (χ1) is 19.1. The number of nitrogens with zero attached hydrogens (tertiary/aromatic N) is 2. The maximum atomic E-state index is 13.5. The van der Waals surface area contributed by atoms with Gasteiger partial charge in [-0.1, -0.05) is 37.3 Å². The van der Waals surface area contributed by atoms with Crippen molar-refractivity contribution in [2.75, 3.05) is 17.6 Å². The Labute approximate surface area is 236 Å². The summed E-state index contributed by atoms with van der Waals surface area (Å²) >= 11 is 1.40. The molecular formula is C29H32N4O6S. The maximum absolute atomic E-state index is 13.5. The molecule has 40 heavy (non-hydrogen) atoms. The Balaban J connectivity index is 1.40. The first-order valence-corrected chi connectivity index (χ1v) is 14.1.